The summed E-state index contributed by atoms with van der Waals surface area (Å²) in [5.74, 6) is 7.07. The Bertz CT molecular complexity index is 998. The minimum Gasteiger partial charge on any atom is -0.336 e. The van der Waals surface area contributed by atoms with Gasteiger partial charge in [-0.3, -0.25) is 4.79 Å². The van der Waals surface area contributed by atoms with Crippen LogP contribution in [0.5, 0.6) is 0 Å². The number of sulfonamides is 1. The van der Waals surface area contributed by atoms with Crippen molar-refractivity contribution in [3.63, 3.8) is 0 Å². The number of thioether (sulfide) groups is 1. The molecular weight excluding hydrogens is 436 g/mol. The zero-order valence-corrected chi connectivity index (χ0v) is 19.7. The average Bonchev–Trinajstić information content (AvgIpc) is 3.08. The Labute approximate surface area is 187 Å². The molecule has 31 heavy (non-hydrogen) atoms. The van der Waals surface area contributed by atoms with Crippen molar-refractivity contribution in [3.05, 3.63) is 30.1 Å². The minimum atomic E-state index is -3.57. The number of amides is 1. The molecule has 0 radical (unpaired) electrons. The number of carbonyl (C=O) groups excluding carboxylic acids is 1. The molecule has 0 bridgehead atoms. The maximum Gasteiger partial charge on any atom is 0.240 e. The van der Waals surface area contributed by atoms with E-state index in [-0.39, 0.29) is 16.8 Å². The highest BCUT2D eigenvalue weighted by Gasteiger charge is 2.25. The second kappa shape index (κ2) is 10.0. The number of carbonyl (C=O) groups is 1. The highest BCUT2D eigenvalue weighted by atomic mass is 32.2. The van der Waals surface area contributed by atoms with Gasteiger partial charge in [0.15, 0.2) is 5.82 Å². The quantitative estimate of drug-likeness (QED) is 0.402. The van der Waals surface area contributed by atoms with Crippen molar-refractivity contribution in [2.75, 3.05) is 11.2 Å². The first kappa shape index (κ1) is 23.6. The number of nitrogens with zero attached hydrogens (tertiary/aromatic N) is 3. The molecule has 1 saturated carbocycles. The number of anilines is 1. The van der Waals surface area contributed by atoms with Gasteiger partial charge >= 0.3 is 0 Å². The molecule has 170 valence electrons. The van der Waals surface area contributed by atoms with E-state index in [9.17, 15) is 13.2 Å². The predicted octanol–water partition coefficient (Wildman–Crippen LogP) is 2.85. The van der Waals surface area contributed by atoms with Gasteiger partial charge in [0.1, 0.15) is 0 Å². The lowest BCUT2D eigenvalue weighted by Gasteiger charge is -2.20. The van der Waals surface area contributed by atoms with Gasteiger partial charge in [0, 0.05) is 17.6 Å². The second-order valence-corrected chi connectivity index (χ2v) is 11.1. The van der Waals surface area contributed by atoms with Crippen LogP contribution >= 0.6 is 11.8 Å². The van der Waals surface area contributed by atoms with E-state index < -0.39 is 15.3 Å². The van der Waals surface area contributed by atoms with Gasteiger partial charge in [0.05, 0.1) is 10.1 Å². The lowest BCUT2D eigenvalue weighted by Crippen LogP contribution is -2.30. The molecule has 0 saturated heterocycles. The van der Waals surface area contributed by atoms with Crippen molar-refractivity contribution < 1.29 is 13.2 Å². The van der Waals surface area contributed by atoms with Gasteiger partial charge in [-0.15, -0.1) is 10.2 Å². The third-order valence-corrected chi connectivity index (χ3v) is 7.87. The molecule has 1 aromatic heterocycles. The van der Waals surface area contributed by atoms with E-state index >= 15 is 0 Å². The van der Waals surface area contributed by atoms with Gasteiger partial charge in [0.2, 0.25) is 21.1 Å². The van der Waals surface area contributed by atoms with Gasteiger partial charge in [-0.25, -0.2) is 17.8 Å². The summed E-state index contributed by atoms with van der Waals surface area (Å²) in [6, 6.07) is 5.86. The fraction of sp³-hybridized carbons (Fsp3) is 0.550. The van der Waals surface area contributed by atoms with Crippen LogP contribution in [0, 0.1) is 0 Å². The summed E-state index contributed by atoms with van der Waals surface area (Å²) < 4.78 is 28.4. The molecule has 4 N–H and O–H groups in total. The van der Waals surface area contributed by atoms with E-state index in [0.717, 1.165) is 18.7 Å². The largest absolute Gasteiger partial charge is 0.336 e. The van der Waals surface area contributed by atoms with Gasteiger partial charge < -0.3 is 11.2 Å². The second-order valence-electron chi connectivity index (χ2n) is 8.10. The first-order valence-electron chi connectivity index (χ1n) is 10.5. The minimum absolute atomic E-state index is 0.146. The third kappa shape index (κ3) is 5.98. The Balaban J connectivity index is 1.60. The summed E-state index contributed by atoms with van der Waals surface area (Å²) >= 11 is 1.24. The fourth-order valence-electron chi connectivity index (χ4n) is 3.56. The van der Waals surface area contributed by atoms with Gasteiger partial charge in [-0.2, -0.15) is 0 Å². The standard InChI is InChI=1S/C20H30N6O3S2/c1-13(2)25-31(28,29)17-11-9-16(10-12-17)22-19(27)14(3)30-20-24-23-18(26(20)21)15-7-5-4-6-8-15/h9-15,25H,4-8,21H2,1-3H3,(H,22,27). The maximum absolute atomic E-state index is 12.6. The molecule has 1 atom stereocenters. The normalized spacial score (nSPS) is 16.4. The van der Waals surface area contributed by atoms with Crippen molar-refractivity contribution in [2.24, 2.45) is 0 Å². The van der Waals surface area contributed by atoms with E-state index in [4.69, 9.17) is 5.84 Å². The Morgan fingerprint density at radius 3 is 2.39 bits per heavy atom. The Kier molecular flexibility index (Phi) is 7.60. The molecule has 1 aliphatic carbocycles. The van der Waals surface area contributed by atoms with Crippen LogP contribution in [0.3, 0.4) is 0 Å². The summed E-state index contributed by atoms with van der Waals surface area (Å²) in [4.78, 5) is 12.7. The lowest BCUT2D eigenvalue weighted by molar-refractivity contribution is -0.115. The zero-order chi connectivity index (χ0) is 22.6. The smallest absolute Gasteiger partial charge is 0.240 e. The molecule has 11 heteroatoms. The Morgan fingerprint density at radius 2 is 1.77 bits per heavy atom. The topological polar surface area (TPSA) is 132 Å². The molecule has 1 fully saturated rings. The van der Waals surface area contributed by atoms with Crippen LogP contribution in [0.25, 0.3) is 0 Å². The monoisotopic (exact) mass is 466 g/mol. The molecule has 1 aromatic carbocycles. The van der Waals surface area contributed by atoms with Crippen LogP contribution in [0.15, 0.2) is 34.3 Å². The van der Waals surface area contributed by atoms with Crippen LogP contribution in [0.2, 0.25) is 0 Å². The van der Waals surface area contributed by atoms with Gasteiger partial charge in [-0.05, 0) is 57.9 Å². The SMILES string of the molecule is CC(C)NS(=O)(=O)c1ccc(NC(=O)C(C)Sc2nnc(C3CCCCC3)n2N)cc1. The van der Waals surface area contributed by atoms with Crippen molar-refractivity contribution in [3.8, 4) is 0 Å². The van der Waals surface area contributed by atoms with Crippen LogP contribution in [0.4, 0.5) is 5.69 Å². The molecule has 3 rings (SSSR count). The fourth-order valence-corrected chi connectivity index (χ4v) is 5.59. The molecule has 9 nitrogen and oxygen atoms in total. The van der Waals surface area contributed by atoms with E-state index in [1.807, 2.05) is 0 Å². The summed E-state index contributed by atoms with van der Waals surface area (Å²) in [6.45, 7) is 5.28. The molecule has 1 aliphatic rings. The predicted molar refractivity (Wildman–Crippen MR) is 122 cm³/mol. The number of hydrogen-bond acceptors (Lipinski definition) is 7. The number of benzene rings is 1. The van der Waals surface area contributed by atoms with Crippen molar-refractivity contribution in [2.45, 2.75) is 80.1 Å². The molecule has 1 heterocycles. The number of nitrogens with two attached hydrogens (primary N) is 1. The highest BCUT2D eigenvalue weighted by molar-refractivity contribution is 8.00. The van der Waals surface area contributed by atoms with Crippen LogP contribution in [-0.4, -0.2) is 40.5 Å². The van der Waals surface area contributed by atoms with Crippen LogP contribution < -0.4 is 15.9 Å². The number of rotatable bonds is 8. The summed E-state index contributed by atoms with van der Waals surface area (Å²) in [5, 5.41) is 11.3. The molecule has 1 unspecified atom stereocenters. The molecular formula is C20H30N6O3S2. The van der Waals surface area contributed by atoms with Crippen LogP contribution in [0.1, 0.15) is 64.6 Å². The number of aromatic nitrogens is 3. The van der Waals surface area contributed by atoms with Crippen molar-refractivity contribution >= 4 is 33.4 Å². The van der Waals surface area contributed by atoms with Gasteiger partial charge in [0.25, 0.3) is 0 Å². The molecule has 0 spiro atoms. The number of hydrogen-bond donors (Lipinski definition) is 3. The first-order chi connectivity index (χ1) is 14.7. The van der Waals surface area contributed by atoms with E-state index in [1.54, 1.807) is 32.9 Å². The lowest BCUT2D eigenvalue weighted by atomic mass is 9.89. The highest BCUT2D eigenvalue weighted by Crippen LogP contribution is 2.33. The summed E-state index contributed by atoms with van der Waals surface area (Å²) in [7, 11) is -3.57. The van der Waals surface area contributed by atoms with E-state index in [0.29, 0.717) is 16.8 Å². The first-order valence-corrected chi connectivity index (χ1v) is 12.8. The van der Waals surface area contributed by atoms with Gasteiger partial charge in [-0.1, -0.05) is 31.0 Å². The number of nitrogen functional groups attached to an aromatic ring is 1. The Morgan fingerprint density at radius 1 is 1.13 bits per heavy atom. The Hall–Kier alpha value is -2.11. The molecule has 1 amide bonds. The summed E-state index contributed by atoms with van der Waals surface area (Å²) in [5.41, 5.74) is 0.512. The molecule has 0 aliphatic heterocycles. The van der Waals surface area contributed by atoms with Crippen molar-refractivity contribution in [1.29, 1.82) is 0 Å². The third-order valence-electron chi connectivity index (χ3n) is 5.14. The molecule has 2 aromatic rings. The summed E-state index contributed by atoms with van der Waals surface area (Å²) in [6.07, 6.45) is 5.72. The number of nitrogens with one attached hydrogen (secondary N) is 2. The van der Waals surface area contributed by atoms with Crippen molar-refractivity contribution in [1.82, 2.24) is 19.6 Å². The van der Waals surface area contributed by atoms with E-state index in [1.165, 1.54) is 47.8 Å². The van der Waals surface area contributed by atoms with Crippen LogP contribution in [-0.2, 0) is 14.8 Å². The zero-order valence-electron chi connectivity index (χ0n) is 18.0. The average molecular weight is 467 g/mol. The maximum atomic E-state index is 12.6. The van der Waals surface area contributed by atoms with E-state index in [2.05, 4.69) is 20.2 Å².